The van der Waals surface area contributed by atoms with Gasteiger partial charge >= 0.3 is 0 Å². The van der Waals surface area contributed by atoms with Crippen molar-refractivity contribution in [2.75, 3.05) is 20.3 Å². The minimum Gasteiger partial charge on any atom is -0.493 e. The van der Waals surface area contributed by atoms with E-state index in [4.69, 9.17) is 9.47 Å². The van der Waals surface area contributed by atoms with Crippen LogP contribution in [0.4, 0.5) is 8.78 Å². The molecule has 2 heterocycles. The second-order valence-corrected chi connectivity index (χ2v) is 7.41. The number of fused-ring (bicyclic) bond motifs is 1. The summed E-state index contributed by atoms with van der Waals surface area (Å²) >= 11 is 0. The van der Waals surface area contributed by atoms with E-state index >= 15 is 0 Å². The van der Waals surface area contributed by atoms with Crippen molar-refractivity contribution in [3.05, 3.63) is 70.7 Å². The predicted molar refractivity (Wildman–Crippen MR) is 109 cm³/mol. The Morgan fingerprint density at radius 1 is 1.17 bits per heavy atom. The summed E-state index contributed by atoms with van der Waals surface area (Å²) in [6, 6.07) is 7.44. The van der Waals surface area contributed by atoms with E-state index in [9.17, 15) is 8.78 Å². The fourth-order valence-corrected chi connectivity index (χ4v) is 3.68. The van der Waals surface area contributed by atoms with E-state index in [2.05, 4.69) is 9.97 Å². The Morgan fingerprint density at radius 2 is 2.00 bits per heavy atom. The summed E-state index contributed by atoms with van der Waals surface area (Å²) in [6.07, 6.45) is 1.73. The molecule has 0 aliphatic carbocycles. The monoisotopic (exact) mass is 411 g/mol. The Hall–Kier alpha value is -3.06. The van der Waals surface area contributed by atoms with Gasteiger partial charge in [0.25, 0.3) is 0 Å². The molecule has 0 spiro atoms. The van der Waals surface area contributed by atoms with E-state index in [0.29, 0.717) is 36.8 Å². The third-order valence-corrected chi connectivity index (χ3v) is 5.15. The van der Waals surface area contributed by atoms with Gasteiger partial charge in [-0.05, 0) is 44.2 Å². The number of aromatic nitrogens is 2. The number of halogens is 2. The van der Waals surface area contributed by atoms with Crippen LogP contribution in [-0.2, 0) is 13.1 Å². The van der Waals surface area contributed by atoms with Gasteiger partial charge in [0, 0.05) is 42.5 Å². The molecule has 5 nitrogen and oxygen atoms in total. The molecule has 156 valence electrons. The van der Waals surface area contributed by atoms with Gasteiger partial charge < -0.3 is 9.47 Å². The second kappa shape index (κ2) is 8.36. The number of rotatable bonds is 4. The van der Waals surface area contributed by atoms with Gasteiger partial charge in [0.1, 0.15) is 18.2 Å². The lowest BCUT2D eigenvalue weighted by molar-refractivity contribution is 0.214. The first-order valence-electron chi connectivity index (χ1n) is 9.75. The Morgan fingerprint density at radius 3 is 2.80 bits per heavy atom. The maximum Gasteiger partial charge on any atom is 0.165 e. The van der Waals surface area contributed by atoms with E-state index in [1.807, 2.05) is 30.9 Å². The lowest BCUT2D eigenvalue weighted by atomic mass is 10.0. The van der Waals surface area contributed by atoms with Crippen LogP contribution in [-0.4, -0.2) is 35.1 Å². The molecule has 0 saturated carbocycles. The largest absolute Gasteiger partial charge is 0.493 e. The van der Waals surface area contributed by atoms with E-state index in [1.54, 1.807) is 13.3 Å². The Balaban J connectivity index is 1.71. The van der Waals surface area contributed by atoms with Crippen molar-refractivity contribution in [3.63, 3.8) is 0 Å². The lowest BCUT2D eigenvalue weighted by Gasteiger charge is -2.20. The molecule has 3 aromatic rings. The summed E-state index contributed by atoms with van der Waals surface area (Å²) in [5.74, 6) is 0.417. The maximum absolute atomic E-state index is 14.1. The molecule has 1 aliphatic rings. The normalized spacial score (nSPS) is 14.0. The van der Waals surface area contributed by atoms with Gasteiger partial charge in [-0.2, -0.15) is 0 Å². The number of nitrogens with zero attached hydrogens (tertiary/aromatic N) is 3. The van der Waals surface area contributed by atoms with Gasteiger partial charge in [0.15, 0.2) is 11.5 Å². The molecule has 0 saturated heterocycles. The highest BCUT2D eigenvalue weighted by atomic mass is 19.1. The van der Waals surface area contributed by atoms with E-state index in [-0.39, 0.29) is 6.54 Å². The Labute approximate surface area is 174 Å². The Kier molecular flexibility index (Phi) is 5.63. The summed E-state index contributed by atoms with van der Waals surface area (Å²) in [4.78, 5) is 11.1. The van der Waals surface area contributed by atoms with Crippen LogP contribution in [0.2, 0.25) is 0 Å². The fourth-order valence-electron chi connectivity index (χ4n) is 3.68. The van der Waals surface area contributed by atoms with E-state index < -0.39 is 11.6 Å². The zero-order valence-electron chi connectivity index (χ0n) is 17.2. The SMILES string of the molecule is COc1cc(-c2nc(C)cnc2C)cc2c1OCCN(Cc1cc(F)ccc1F)C2. The van der Waals surface area contributed by atoms with Crippen molar-refractivity contribution in [3.8, 4) is 22.8 Å². The number of hydrogen-bond acceptors (Lipinski definition) is 5. The van der Waals surface area contributed by atoms with Crippen LogP contribution in [0.3, 0.4) is 0 Å². The maximum atomic E-state index is 14.1. The molecule has 0 fully saturated rings. The van der Waals surface area contributed by atoms with Gasteiger partial charge in [-0.15, -0.1) is 0 Å². The number of benzene rings is 2. The van der Waals surface area contributed by atoms with Crippen LogP contribution in [0, 0.1) is 25.5 Å². The molecule has 7 heteroatoms. The van der Waals surface area contributed by atoms with Crippen molar-refractivity contribution < 1.29 is 18.3 Å². The standard InChI is InChI=1S/C23H23F2N3O2/c1-14-11-26-15(2)22(27-14)16-8-18-13-28(6-7-30-23(18)21(10-16)29-3)12-17-9-19(24)4-5-20(17)25/h4-5,8-11H,6-7,12-13H2,1-3H3. The van der Waals surface area contributed by atoms with Gasteiger partial charge in [0.2, 0.25) is 0 Å². The second-order valence-electron chi connectivity index (χ2n) is 7.41. The average molecular weight is 411 g/mol. The summed E-state index contributed by atoms with van der Waals surface area (Å²) in [5, 5.41) is 0. The summed E-state index contributed by atoms with van der Waals surface area (Å²) < 4.78 is 39.3. The van der Waals surface area contributed by atoms with Crippen LogP contribution >= 0.6 is 0 Å². The highest BCUT2D eigenvalue weighted by Gasteiger charge is 2.22. The smallest absolute Gasteiger partial charge is 0.165 e. The summed E-state index contributed by atoms with van der Waals surface area (Å²) in [7, 11) is 1.60. The number of methoxy groups -OCH3 is 1. The van der Waals surface area contributed by atoms with Crippen molar-refractivity contribution in [2.24, 2.45) is 0 Å². The highest BCUT2D eigenvalue weighted by Crippen LogP contribution is 2.38. The molecule has 0 amide bonds. The van der Waals surface area contributed by atoms with Crippen LogP contribution in [0.1, 0.15) is 22.5 Å². The lowest BCUT2D eigenvalue weighted by Crippen LogP contribution is -2.25. The zero-order chi connectivity index (χ0) is 21.3. The molecule has 0 N–H and O–H groups in total. The molecule has 0 bridgehead atoms. The van der Waals surface area contributed by atoms with Crippen molar-refractivity contribution >= 4 is 0 Å². The summed E-state index contributed by atoms with van der Waals surface area (Å²) in [6.45, 7) is 5.59. The van der Waals surface area contributed by atoms with E-state index in [1.165, 1.54) is 6.07 Å². The topological polar surface area (TPSA) is 47.5 Å². The number of hydrogen-bond donors (Lipinski definition) is 0. The number of ether oxygens (including phenoxy) is 2. The van der Waals surface area contributed by atoms with Crippen molar-refractivity contribution in [1.82, 2.24) is 14.9 Å². The minimum atomic E-state index is -0.449. The molecule has 4 rings (SSSR count). The van der Waals surface area contributed by atoms with Gasteiger partial charge in [-0.1, -0.05) is 0 Å². The van der Waals surface area contributed by atoms with Gasteiger partial charge in [0.05, 0.1) is 24.2 Å². The number of aryl methyl sites for hydroxylation is 2. The first-order chi connectivity index (χ1) is 14.4. The summed E-state index contributed by atoms with van der Waals surface area (Å²) in [5.41, 5.74) is 4.52. The average Bonchev–Trinajstić information content (AvgIpc) is 2.93. The van der Waals surface area contributed by atoms with E-state index in [0.717, 1.165) is 40.3 Å². The van der Waals surface area contributed by atoms with Gasteiger partial charge in [-0.3, -0.25) is 9.88 Å². The molecular weight excluding hydrogens is 388 g/mol. The molecule has 30 heavy (non-hydrogen) atoms. The Bertz CT molecular complexity index is 1090. The quantitative estimate of drug-likeness (QED) is 0.635. The third kappa shape index (κ3) is 4.11. The van der Waals surface area contributed by atoms with Crippen LogP contribution in [0.25, 0.3) is 11.3 Å². The highest BCUT2D eigenvalue weighted by molar-refractivity contribution is 5.68. The molecule has 1 aromatic heterocycles. The van der Waals surface area contributed by atoms with Crippen molar-refractivity contribution in [1.29, 1.82) is 0 Å². The molecular formula is C23H23F2N3O2. The third-order valence-electron chi connectivity index (χ3n) is 5.15. The minimum absolute atomic E-state index is 0.280. The predicted octanol–water partition coefficient (Wildman–Crippen LogP) is 4.44. The zero-order valence-corrected chi connectivity index (χ0v) is 17.2. The fraction of sp³-hybridized carbons (Fsp3) is 0.304. The van der Waals surface area contributed by atoms with Crippen LogP contribution in [0.5, 0.6) is 11.5 Å². The molecule has 0 atom stereocenters. The van der Waals surface area contributed by atoms with Crippen LogP contribution in [0.15, 0.2) is 36.5 Å². The molecule has 0 unspecified atom stereocenters. The molecule has 2 aromatic carbocycles. The molecule has 0 radical (unpaired) electrons. The van der Waals surface area contributed by atoms with Gasteiger partial charge in [-0.25, -0.2) is 13.8 Å². The van der Waals surface area contributed by atoms with Crippen LogP contribution < -0.4 is 9.47 Å². The van der Waals surface area contributed by atoms with Crippen molar-refractivity contribution in [2.45, 2.75) is 26.9 Å². The first kappa shape index (κ1) is 20.2. The molecule has 1 aliphatic heterocycles. The first-order valence-corrected chi connectivity index (χ1v) is 9.75.